The topological polar surface area (TPSA) is 185 Å². The SMILES string of the molecule is COc1cccc(OC)c1-n1c(CS(=O)(=O)CCc2ccc(F)cc2Br)nnc1-c1ccc(C)o1.COc1cccc(OC)c1-n1c(N)nnc1-c1ccc(C)o1. The number of ether oxygens (including phenoxy) is 4. The van der Waals surface area contributed by atoms with Crippen molar-refractivity contribution >= 4 is 31.7 Å². The van der Waals surface area contributed by atoms with Gasteiger partial charge >= 0.3 is 0 Å². The van der Waals surface area contributed by atoms with E-state index in [0.29, 0.717) is 73.3 Å². The van der Waals surface area contributed by atoms with Crippen molar-refractivity contribution in [3.05, 3.63) is 112 Å². The van der Waals surface area contributed by atoms with Crippen LogP contribution < -0.4 is 24.7 Å². The maximum atomic E-state index is 13.4. The van der Waals surface area contributed by atoms with Gasteiger partial charge in [-0.25, -0.2) is 12.8 Å². The number of sulfone groups is 1. The quantitative estimate of drug-likeness (QED) is 0.122. The van der Waals surface area contributed by atoms with Crippen molar-refractivity contribution in [1.29, 1.82) is 0 Å². The minimum atomic E-state index is -3.64. The van der Waals surface area contributed by atoms with Crippen molar-refractivity contribution in [2.24, 2.45) is 0 Å². The molecule has 0 amide bonds. The van der Waals surface area contributed by atoms with Crippen molar-refractivity contribution < 1.29 is 40.6 Å². The molecule has 0 atom stereocenters. The van der Waals surface area contributed by atoms with Gasteiger partial charge in [0.2, 0.25) is 17.6 Å². The number of anilines is 1. The molecule has 0 bridgehead atoms. The highest BCUT2D eigenvalue weighted by molar-refractivity contribution is 9.10. The number of benzene rings is 3. The molecule has 7 rings (SSSR count). The predicted octanol–water partition coefficient (Wildman–Crippen LogP) is 7.35. The van der Waals surface area contributed by atoms with Gasteiger partial charge in [-0.05, 0) is 86.5 Å². The molecule has 0 fully saturated rings. The highest BCUT2D eigenvalue weighted by atomic mass is 79.9. The standard InChI is InChI=1S/C24H23BrFN3O5S.C15H16N4O3/c1-15-7-10-21(34-15)24-28-27-22(29(24)23-19(32-2)5-4-6-20(23)33-3)14-35(30,31)12-11-16-8-9-17(26)13-18(16)25;1-9-7-8-12(22-9)14-17-18-15(16)19(14)13-10(20-2)5-4-6-11(13)21-3/h4-10,13H,11-12,14H2,1-3H3;4-8H,1-3H3,(H2,16,18). The first-order valence-corrected chi connectivity index (χ1v) is 19.8. The molecular formula is C39H39BrFN7O8S. The van der Waals surface area contributed by atoms with Crippen molar-refractivity contribution in [2.45, 2.75) is 26.0 Å². The fraction of sp³-hybridized carbons (Fsp3) is 0.231. The van der Waals surface area contributed by atoms with Crippen molar-refractivity contribution in [3.8, 4) is 57.5 Å². The molecule has 0 aliphatic carbocycles. The Bertz CT molecular complexity index is 2570. The number of methoxy groups -OCH3 is 4. The Hall–Kier alpha value is -6.14. The van der Waals surface area contributed by atoms with Crippen LogP contribution in [0.25, 0.3) is 34.5 Å². The van der Waals surface area contributed by atoms with E-state index < -0.39 is 15.7 Å². The number of hydrogen-bond donors (Lipinski definition) is 1. The number of furan rings is 2. The number of halogens is 2. The number of aromatic nitrogens is 6. The number of nitrogen functional groups attached to an aromatic ring is 1. The second-order valence-electron chi connectivity index (χ2n) is 12.4. The summed E-state index contributed by atoms with van der Waals surface area (Å²) >= 11 is 3.29. The predicted molar refractivity (Wildman–Crippen MR) is 214 cm³/mol. The smallest absolute Gasteiger partial charge is 0.227 e. The highest BCUT2D eigenvalue weighted by Crippen LogP contribution is 2.38. The van der Waals surface area contributed by atoms with Crippen molar-refractivity contribution in [2.75, 3.05) is 39.9 Å². The molecule has 0 spiro atoms. The van der Waals surface area contributed by atoms with Crippen LogP contribution in [-0.2, 0) is 22.0 Å². The lowest BCUT2D eigenvalue weighted by Gasteiger charge is -2.17. The van der Waals surface area contributed by atoms with Crippen LogP contribution in [0.15, 0.2) is 92.2 Å². The van der Waals surface area contributed by atoms with Crippen LogP contribution in [0, 0.1) is 19.7 Å². The Balaban J connectivity index is 0.000000214. The lowest BCUT2D eigenvalue weighted by molar-refractivity contribution is 0.390. The van der Waals surface area contributed by atoms with Gasteiger partial charge in [0.1, 0.15) is 57.5 Å². The number of hydrogen-bond acceptors (Lipinski definition) is 13. The molecule has 0 saturated heterocycles. The van der Waals surface area contributed by atoms with E-state index in [2.05, 4.69) is 36.3 Å². The molecule has 4 heterocycles. The average molecular weight is 865 g/mol. The summed E-state index contributed by atoms with van der Waals surface area (Å²) in [4.78, 5) is 0. The van der Waals surface area contributed by atoms with Crippen LogP contribution in [-0.4, -0.2) is 72.1 Å². The van der Waals surface area contributed by atoms with Gasteiger partial charge in [-0.1, -0.05) is 34.1 Å². The minimum Gasteiger partial charge on any atom is -0.494 e. The lowest BCUT2D eigenvalue weighted by Crippen LogP contribution is -2.16. The maximum absolute atomic E-state index is 13.4. The van der Waals surface area contributed by atoms with E-state index in [1.807, 2.05) is 37.3 Å². The summed E-state index contributed by atoms with van der Waals surface area (Å²) in [6, 6.07) is 22.1. The summed E-state index contributed by atoms with van der Waals surface area (Å²) in [5.41, 5.74) is 7.77. The molecule has 0 unspecified atom stereocenters. The molecule has 3 aromatic carbocycles. The van der Waals surface area contributed by atoms with E-state index in [-0.39, 0.29) is 29.7 Å². The fourth-order valence-electron chi connectivity index (χ4n) is 5.95. The number of para-hydroxylation sites is 2. The summed E-state index contributed by atoms with van der Waals surface area (Å²) in [6.07, 6.45) is 0.208. The molecule has 57 heavy (non-hydrogen) atoms. The first-order valence-electron chi connectivity index (χ1n) is 17.2. The van der Waals surface area contributed by atoms with Gasteiger partial charge in [0, 0.05) is 4.47 Å². The van der Waals surface area contributed by atoms with Crippen LogP contribution in [0.5, 0.6) is 23.0 Å². The average Bonchev–Trinajstić information content (AvgIpc) is 4.01. The molecule has 2 N–H and O–H groups in total. The zero-order valence-corrected chi connectivity index (χ0v) is 34.2. The number of nitrogens with two attached hydrogens (primary N) is 1. The van der Waals surface area contributed by atoms with Crippen LogP contribution in [0.3, 0.4) is 0 Å². The van der Waals surface area contributed by atoms with E-state index in [4.69, 9.17) is 33.5 Å². The molecule has 15 nitrogen and oxygen atoms in total. The second kappa shape index (κ2) is 17.3. The molecule has 4 aromatic heterocycles. The first-order chi connectivity index (χ1) is 27.4. The van der Waals surface area contributed by atoms with Gasteiger partial charge < -0.3 is 33.5 Å². The second-order valence-corrected chi connectivity index (χ2v) is 15.5. The molecule has 7 aromatic rings. The van der Waals surface area contributed by atoms with Crippen LogP contribution in [0.4, 0.5) is 10.3 Å². The molecule has 18 heteroatoms. The Morgan fingerprint density at radius 1 is 0.702 bits per heavy atom. The molecule has 0 radical (unpaired) electrons. The van der Waals surface area contributed by atoms with Gasteiger partial charge in [-0.2, -0.15) is 0 Å². The number of nitrogens with zero attached hydrogens (tertiary/aromatic N) is 6. The third kappa shape index (κ3) is 8.81. The summed E-state index contributed by atoms with van der Waals surface area (Å²) in [5.74, 6) is 4.73. The summed E-state index contributed by atoms with van der Waals surface area (Å²) in [7, 11) is 2.54. The van der Waals surface area contributed by atoms with Crippen LogP contribution in [0.2, 0.25) is 0 Å². The van der Waals surface area contributed by atoms with Gasteiger partial charge in [-0.3, -0.25) is 9.13 Å². The Labute approximate surface area is 336 Å². The maximum Gasteiger partial charge on any atom is 0.227 e. The van der Waals surface area contributed by atoms with Gasteiger partial charge in [-0.15, -0.1) is 20.4 Å². The van der Waals surface area contributed by atoms with Crippen molar-refractivity contribution in [3.63, 3.8) is 0 Å². The van der Waals surface area contributed by atoms with Gasteiger partial charge in [0.15, 0.2) is 27.2 Å². The van der Waals surface area contributed by atoms with Crippen LogP contribution >= 0.6 is 15.9 Å². The third-order valence-electron chi connectivity index (χ3n) is 8.64. The molecule has 0 aliphatic rings. The summed E-state index contributed by atoms with van der Waals surface area (Å²) in [6.45, 7) is 3.66. The third-order valence-corrected chi connectivity index (χ3v) is 10.9. The summed E-state index contributed by atoms with van der Waals surface area (Å²) in [5, 5.41) is 16.5. The lowest BCUT2D eigenvalue weighted by atomic mass is 10.2. The Morgan fingerprint density at radius 3 is 1.67 bits per heavy atom. The Kier molecular flexibility index (Phi) is 12.3. The van der Waals surface area contributed by atoms with E-state index in [0.717, 1.165) is 5.76 Å². The molecule has 0 saturated carbocycles. The first kappa shape index (κ1) is 40.5. The largest absolute Gasteiger partial charge is 0.494 e. The molecule has 0 aliphatic heterocycles. The van der Waals surface area contributed by atoms with E-state index in [1.54, 1.807) is 66.7 Å². The normalized spacial score (nSPS) is 11.2. The number of rotatable bonds is 13. The Morgan fingerprint density at radius 2 is 1.19 bits per heavy atom. The monoisotopic (exact) mass is 863 g/mol. The van der Waals surface area contributed by atoms with Crippen LogP contribution in [0.1, 0.15) is 22.9 Å². The fourth-order valence-corrected chi connectivity index (χ4v) is 7.76. The minimum absolute atomic E-state index is 0.164. The molecule has 298 valence electrons. The van der Waals surface area contributed by atoms with Gasteiger partial charge in [0.05, 0.1) is 34.2 Å². The zero-order valence-electron chi connectivity index (χ0n) is 31.8. The highest BCUT2D eigenvalue weighted by Gasteiger charge is 2.27. The molecular weight excluding hydrogens is 825 g/mol. The van der Waals surface area contributed by atoms with E-state index >= 15 is 0 Å². The van der Waals surface area contributed by atoms with Gasteiger partial charge in [0.25, 0.3) is 0 Å². The van der Waals surface area contributed by atoms with E-state index in [9.17, 15) is 12.8 Å². The zero-order chi connectivity index (χ0) is 40.9. The number of aryl methyl sites for hydroxylation is 3. The van der Waals surface area contributed by atoms with E-state index in [1.165, 1.54) is 26.4 Å². The summed E-state index contributed by atoms with van der Waals surface area (Å²) < 4.78 is 76.7. The van der Waals surface area contributed by atoms with Crippen molar-refractivity contribution in [1.82, 2.24) is 29.5 Å².